The number of anilines is 2. The Labute approximate surface area is 115 Å². The van der Waals surface area contributed by atoms with E-state index in [9.17, 15) is 4.79 Å². The number of nitrogen functional groups attached to an aromatic ring is 1. The van der Waals surface area contributed by atoms with Crippen LogP contribution in [0.5, 0.6) is 0 Å². The fourth-order valence-corrected chi connectivity index (χ4v) is 1.91. The van der Waals surface area contributed by atoms with Crippen LogP contribution >= 0.6 is 0 Å². The zero-order valence-corrected chi connectivity index (χ0v) is 12.4. The van der Waals surface area contributed by atoms with Crippen molar-refractivity contribution in [2.24, 2.45) is 5.92 Å². The summed E-state index contributed by atoms with van der Waals surface area (Å²) in [6, 6.07) is 5.79. The van der Waals surface area contributed by atoms with Crippen molar-refractivity contribution in [3.8, 4) is 0 Å². The van der Waals surface area contributed by atoms with Crippen LogP contribution in [0, 0.1) is 5.92 Å². The molecule has 0 bridgehead atoms. The number of carbonyl (C=O) groups excluding carboxylic acids is 1. The van der Waals surface area contributed by atoms with Gasteiger partial charge in [0, 0.05) is 13.1 Å². The van der Waals surface area contributed by atoms with Gasteiger partial charge in [0.1, 0.15) is 0 Å². The summed E-state index contributed by atoms with van der Waals surface area (Å²) in [4.78, 5) is 13.9. The van der Waals surface area contributed by atoms with Crippen LogP contribution < -0.4 is 10.6 Å². The first-order valence-electron chi connectivity index (χ1n) is 6.68. The van der Waals surface area contributed by atoms with Gasteiger partial charge in [-0.1, -0.05) is 19.9 Å². The Morgan fingerprint density at radius 1 is 1.37 bits per heavy atom. The molecule has 1 unspecified atom stereocenters. The molecule has 0 heterocycles. The molecule has 106 valence electrons. The maximum absolute atomic E-state index is 11.8. The molecule has 19 heavy (non-hydrogen) atoms. The topological polar surface area (TPSA) is 55.6 Å². The molecule has 4 nitrogen and oxygen atoms in total. The molecule has 0 saturated carbocycles. The molecule has 0 aromatic heterocycles. The van der Waals surface area contributed by atoms with Crippen LogP contribution in [0.2, 0.25) is 0 Å². The number of rotatable bonds is 5. The quantitative estimate of drug-likeness (QED) is 0.656. The third-order valence-electron chi connectivity index (χ3n) is 3.53. The molecule has 0 aliphatic rings. The van der Waals surface area contributed by atoms with Crippen LogP contribution in [0.25, 0.3) is 0 Å². The first-order valence-corrected chi connectivity index (χ1v) is 6.68. The summed E-state index contributed by atoms with van der Waals surface area (Å²) in [7, 11) is 1.99. The first-order chi connectivity index (χ1) is 8.90. The van der Waals surface area contributed by atoms with Gasteiger partial charge in [-0.25, -0.2) is 4.79 Å². The average molecular weight is 264 g/mol. The predicted octanol–water partition coefficient (Wildman–Crippen LogP) is 2.93. The van der Waals surface area contributed by atoms with Gasteiger partial charge >= 0.3 is 5.97 Å². The minimum absolute atomic E-state index is 0.333. The number of hydrogen-bond acceptors (Lipinski definition) is 4. The summed E-state index contributed by atoms with van der Waals surface area (Å²) in [5.41, 5.74) is 7.89. The number of nitrogens with two attached hydrogens (primary N) is 1. The molecule has 1 rings (SSSR count). The van der Waals surface area contributed by atoms with Crippen molar-refractivity contribution in [3.63, 3.8) is 0 Å². The van der Waals surface area contributed by atoms with Gasteiger partial charge in [-0.3, -0.25) is 0 Å². The molecule has 0 radical (unpaired) electrons. The molecule has 0 amide bonds. The normalized spacial score (nSPS) is 12.3. The number of hydrogen-bond donors (Lipinski definition) is 1. The fourth-order valence-electron chi connectivity index (χ4n) is 1.91. The third kappa shape index (κ3) is 3.40. The van der Waals surface area contributed by atoms with Crippen LogP contribution in [0.1, 0.15) is 38.1 Å². The van der Waals surface area contributed by atoms with Crippen molar-refractivity contribution >= 4 is 17.3 Å². The number of ether oxygens (including phenoxy) is 1. The highest BCUT2D eigenvalue weighted by Gasteiger charge is 2.19. The van der Waals surface area contributed by atoms with E-state index in [2.05, 4.69) is 25.7 Å². The minimum atomic E-state index is -0.368. The van der Waals surface area contributed by atoms with E-state index in [4.69, 9.17) is 10.5 Å². The SMILES string of the molecule is CCOC(=O)c1cccc(N(C)C(C)C(C)C)c1N. The van der Waals surface area contributed by atoms with E-state index in [0.717, 1.165) is 5.69 Å². The highest BCUT2D eigenvalue weighted by atomic mass is 16.5. The summed E-state index contributed by atoms with van der Waals surface area (Å²) in [5, 5.41) is 0. The summed E-state index contributed by atoms with van der Waals surface area (Å²) < 4.78 is 5.01. The number of esters is 1. The third-order valence-corrected chi connectivity index (χ3v) is 3.53. The van der Waals surface area contributed by atoms with Crippen LogP contribution in [-0.4, -0.2) is 25.7 Å². The van der Waals surface area contributed by atoms with Crippen LogP contribution in [0.3, 0.4) is 0 Å². The monoisotopic (exact) mass is 264 g/mol. The lowest BCUT2D eigenvalue weighted by atomic mass is 10.0. The molecular weight excluding hydrogens is 240 g/mol. The maximum atomic E-state index is 11.8. The van der Waals surface area contributed by atoms with E-state index in [1.165, 1.54) is 0 Å². The Balaban J connectivity index is 3.10. The van der Waals surface area contributed by atoms with Crippen molar-refractivity contribution in [1.82, 2.24) is 0 Å². The van der Waals surface area contributed by atoms with Gasteiger partial charge in [0.15, 0.2) is 0 Å². The van der Waals surface area contributed by atoms with Crippen molar-refractivity contribution in [2.45, 2.75) is 33.7 Å². The molecule has 0 spiro atoms. The Kier molecular flexibility index (Phi) is 5.21. The van der Waals surface area contributed by atoms with Crippen LogP contribution in [0.4, 0.5) is 11.4 Å². The number of nitrogens with zero attached hydrogens (tertiary/aromatic N) is 1. The molecule has 1 aromatic rings. The van der Waals surface area contributed by atoms with Crippen molar-refractivity contribution in [1.29, 1.82) is 0 Å². The number of para-hydroxylation sites is 1. The minimum Gasteiger partial charge on any atom is -0.462 e. The second-order valence-electron chi connectivity index (χ2n) is 5.05. The van der Waals surface area contributed by atoms with Gasteiger partial charge in [0.25, 0.3) is 0 Å². The summed E-state index contributed by atoms with van der Waals surface area (Å²) in [6.45, 7) is 8.59. The maximum Gasteiger partial charge on any atom is 0.340 e. The van der Waals surface area contributed by atoms with E-state index < -0.39 is 0 Å². The molecule has 1 atom stereocenters. The molecule has 1 aromatic carbocycles. The van der Waals surface area contributed by atoms with Gasteiger partial charge in [-0.15, -0.1) is 0 Å². The Morgan fingerprint density at radius 3 is 2.53 bits per heavy atom. The lowest BCUT2D eigenvalue weighted by molar-refractivity contribution is 0.0527. The van der Waals surface area contributed by atoms with Gasteiger partial charge in [0.05, 0.1) is 23.5 Å². The highest BCUT2D eigenvalue weighted by Crippen LogP contribution is 2.29. The largest absolute Gasteiger partial charge is 0.462 e. The first kappa shape index (κ1) is 15.3. The molecule has 0 aliphatic heterocycles. The Hall–Kier alpha value is -1.71. The van der Waals surface area contributed by atoms with Crippen LogP contribution in [-0.2, 0) is 4.74 Å². The second-order valence-corrected chi connectivity index (χ2v) is 5.05. The smallest absolute Gasteiger partial charge is 0.340 e. The zero-order valence-electron chi connectivity index (χ0n) is 12.4. The Bertz CT molecular complexity index is 444. The van der Waals surface area contributed by atoms with Crippen LogP contribution in [0.15, 0.2) is 18.2 Å². The van der Waals surface area contributed by atoms with Gasteiger partial charge in [-0.2, -0.15) is 0 Å². The average Bonchev–Trinajstić information content (AvgIpc) is 2.37. The van der Waals surface area contributed by atoms with Crippen molar-refractivity contribution in [2.75, 3.05) is 24.3 Å². The summed E-state index contributed by atoms with van der Waals surface area (Å²) in [6.07, 6.45) is 0. The zero-order chi connectivity index (χ0) is 14.6. The predicted molar refractivity (Wildman–Crippen MR) is 79.5 cm³/mol. The van der Waals surface area contributed by atoms with Crippen molar-refractivity contribution < 1.29 is 9.53 Å². The highest BCUT2D eigenvalue weighted by molar-refractivity contribution is 5.98. The fraction of sp³-hybridized carbons (Fsp3) is 0.533. The van der Waals surface area contributed by atoms with Gasteiger partial charge in [0.2, 0.25) is 0 Å². The van der Waals surface area contributed by atoms with Crippen molar-refractivity contribution in [3.05, 3.63) is 23.8 Å². The van der Waals surface area contributed by atoms with Gasteiger partial charge in [-0.05, 0) is 31.9 Å². The van der Waals surface area contributed by atoms with E-state index in [1.54, 1.807) is 13.0 Å². The van der Waals surface area contributed by atoms with E-state index in [1.807, 2.05) is 19.2 Å². The second kappa shape index (κ2) is 6.45. The van der Waals surface area contributed by atoms with E-state index >= 15 is 0 Å². The summed E-state index contributed by atoms with van der Waals surface area (Å²) in [5.74, 6) is 0.128. The lowest BCUT2D eigenvalue weighted by Crippen LogP contribution is -2.33. The molecular formula is C15H24N2O2. The lowest BCUT2D eigenvalue weighted by Gasteiger charge is -2.31. The molecule has 2 N–H and O–H groups in total. The standard InChI is InChI=1S/C15H24N2O2/c1-6-19-15(18)12-8-7-9-13(14(12)16)17(5)11(4)10(2)3/h7-11H,6,16H2,1-5H3. The molecule has 0 fully saturated rings. The number of benzene rings is 1. The van der Waals surface area contributed by atoms with E-state index in [0.29, 0.717) is 29.8 Å². The Morgan fingerprint density at radius 2 is 2.00 bits per heavy atom. The molecule has 0 saturated heterocycles. The molecule has 0 aliphatic carbocycles. The molecule has 4 heteroatoms. The summed E-state index contributed by atoms with van der Waals surface area (Å²) >= 11 is 0. The van der Waals surface area contributed by atoms with E-state index in [-0.39, 0.29) is 5.97 Å². The number of carbonyl (C=O) groups is 1. The van der Waals surface area contributed by atoms with Gasteiger partial charge < -0.3 is 15.4 Å².